The van der Waals surface area contributed by atoms with Gasteiger partial charge in [0.25, 0.3) is 0 Å². The van der Waals surface area contributed by atoms with Gasteiger partial charge in [0, 0.05) is 36.8 Å². The van der Waals surface area contributed by atoms with E-state index in [2.05, 4.69) is 0 Å². The van der Waals surface area contributed by atoms with Crippen molar-refractivity contribution < 1.29 is 4.39 Å². The number of anilines is 1. The van der Waals surface area contributed by atoms with E-state index in [0.717, 1.165) is 24.1 Å². The van der Waals surface area contributed by atoms with Gasteiger partial charge in [-0.3, -0.25) is 0 Å². The Morgan fingerprint density at radius 2 is 2.00 bits per heavy atom. The van der Waals surface area contributed by atoms with E-state index in [4.69, 9.17) is 5.73 Å². The van der Waals surface area contributed by atoms with Gasteiger partial charge in [-0.15, -0.1) is 0 Å². The highest BCUT2D eigenvalue weighted by Gasteiger charge is 2.50. The Kier molecular flexibility index (Phi) is 2.66. The Balaban J connectivity index is 2.55. The van der Waals surface area contributed by atoms with Crippen molar-refractivity contribution >= 4 is 5.69 Å². The van der Waals surface area contributed by atoms with E-state index in [0.29, 0.717) is 0 Å². The number of benzene rings is 1. The second-order valence-electron chi connectivity index (χ2n) is 4.97. The molecule has 88 valence electrons. The van der Waals surface area contributed by atoms with Crippen molar-refractivity contribution in [1.29, 1.82) is 0 Å². The number of nitrogens with two attached hydrogens (primary N) is 1. The molecule has 1 fully saturated rings. The molecule has 2 rings (SSSR count). The van der Waals surface area contributed by atoms with Gasteiger partial charge in [-0.05, 0) is 31.9 Å². The second-order valence-corrected chi connectivity index (χ2v) is 4.97. The van der Waals surface area contributed by atoms with E-state index in [1.165, 1.54) is 6.07 Å². The van der Waals surface area contributed by atoms with Crippen LogP contribution in [-0.2, 0) is 5.41 Å². The van der Waals surface area contributed by atoms with Crippen molar-refractivity contribution in [3.8, 4) is 0 Å². The van der Waals surface area contributed by atoms with Crippen LogP contribution in [-0.4, -0.2) is 20.1 Å². The molecule has 1 saturated carbocycles. The van der Waals surface area contributed by atoms with Gasteiger partial charge in [0.05, 0.1) is 0 Å². The van der Waals surface area contributed by atoms with Gasteiger partial charge in [-0.25, -0.2) is 4.39 Å². The molecule has 0 saturated heterocycles. The van der Waals surface area contributed by atoms with E-state index in [9.17, 15) is 4.39 Å². The minimum atomic E-state index is -0.134. The number of nitrogens with zero attached hydrogens (tertiary/aromatic N) is 1. The first kappa shape index (κ1) is 11.4. The Morgan fingerprint density at radius 1 is 1.38 bits per heavy atom. The maximum absolute atomic E-state index is 14.0. The van der Waals surface area contributed by atoms with Crippen LogP contribution in [0.5, 0.6) is 0 Å². The summed E-state index contributed by atoms with van der Waals surface area (Å²) in [6.45, 7) is 1.97. The molecule has 1 aromatic rings. The molecule has 1 aromatic carbocycles. The molecule has 3 heteroatoms. The Labute approximate surface area is 96.2 Å². The lowest BCUT2D eigenvalue weighted by molar-refractivity contribution is 0.512. The van der Waals surface area contributed by atoms with Gasteiger partial charge in [-0.1, -0.05) is 6.07 Å². The highest BCUT2D eigenvalue weighted by molar-refractivity contribution is 5.59. The molecule has 2 N–H and O–H groups in total. The highest BCUT2D eigenvalue weighted by Crippen LogP contribution is 2.53. The molecule has 1 aliphatic carbocycles. The van der Waals surface area contributed by atoms with Crippen molar-refractivity contribution in [2.45, 2.75) is 31.2 Å². The maximum atomic E-state index is 14.0. The molecule has 0 amide bonds. The monoisotopic (exact) mass is 222 g/mol. The Morgan fingerprint density at radius 3 is 2.44 bits per heavy atom. The third-order valence-electron chi connectivity index (χ3n) is 3.63. The van der Waals surface area contributed by atoms with Crippen LogP contribution < -0.4 is 10.6 Å². The van der Waals surface area contributed by atoms with Crippen molar-refractivity contribution in [2.24, 2.45) is 5.73 Å². The van der Waals surface area contributed by atoms with Crippen molar-refractivity contribution in [3.63, 3.8) is 0 Å². The smallest absolute Gasteiger partial charge is 0.129 e. The van der Waals surface area contributed by atoms with Crippen LogP contribution in [0, 0.1) is 5.82 Å². The van der Waals surface area contributed by atoms with Crippen LogP contribution in [0.3, 0.4) is 0 Å². The fourth-order valence-electron chi connectivity index (χ4n) is 2.45. The first-order chi connectivity index (χ1) is 7.49. The molecular formula is C13H19FN2. The van der Waals surface area contributed by atoms with Crippen molar-refractivity contribution in [3.05, 3.63) is 29.6 Å². The summed E-state index contributed by atoms with van der Waals surface area (Å²) >= 11 is 0. The predicted octanol–water partition coefficient (Wildman–Crippen LogP) is 2.27. The zero-order chi connectivity index (χ0) is 11.9. The number of rotatable bonds is 3. The molecule has 0 heterocycles. The average molecular weight is 222 g/mol. The van der Waals surface area contributed by atoms with Crippen LogP contribution in [0.2, 0.25) is 0 Å². The lowest BCUT2D eigenvalue weighted by Gasteiger charge is -2.26. The summed E-state index contributed by atoms with van der Waals surface area (Å²) in [5, 5.41) is 0. The minimum absolute atomic E-state index is 0.00287. The maximum Gasteiger partial charge on any atom is 0.129 e. The lowest BCUT2D eigenvalue weighted by Crippen LogP contribution is -2.33. The molecule has 0 aliphatic heterocycles. The van der Waals surface area contributed by atoms with E-state index in [1.54, 1.807) is 6.07 Å². The summed E-state index contributed by atoms with van der Waals surface area (Å²) in [5.41, 5.74) is 7.64. The number of halogens is 1. The van der Waals surface area contributed by atoms with Crippen LogP contribution in [0.1, 0.15) is 25.3 Å². The largest absolute Gasteiger partial charge is 0.377 e. The summed E-state index contributed by atoms with van der Waals surface area (Å²) in [4.78, 5) is 1.96. The third-order valence-corrected chi connectivity index (χ3v) is 3.63. The summed E-state index contributed by atoms with van der Waals surface area (Å²) in [6, 6.07) is 5.25. The number of hydrogen-bond acceptors (Lipinski definition) is 2. The molecule has 0 radical (unpaired) electrons. The average Bonchev–Trinajstić information content (AvgIpc) is 2.98. The van der Waals surface area contributed by atoms with E-state index < -0.39 is 0 Å². The standard InChI is InChI=1S/C13H19FN2/c1-9(15)13(7-8-13)12-10(14)5-4-6-11(12)16(2)3/h4-6,9H,7-8,15H2,1-3H3. The fraction of sp³-hybridized carbons (Fsp3) is 0.538. The quantitative estimate of drug-likeness (QED) is 0.850. The Bertz CT molecular complexity index is 395. The van der Waals surface area contributed by atoms with Crippen LogP contribution in [0.15, 0.2) is 18.2 Å². The van der Waals surface area contributed by atoms with Crippen molar-refractivity contribution in [1.82, 2.24) is 0 Å². The van der Waals surface area contributed by atoms with Crippen LogP contribution in [0.25, 0.3) is 0 Å². The van der Waals surface area contributed by atoms with Gasteiger partial charge in [-0.2, -0.15) is 0 Å². The summed E-state index contributed by atoms with van der Waals surface area (Å²) in [7, 11) is 3.88. The van der Waals surface area contributed by atoms with Crippen LogP contribution in [0.4, 0.5) is 10.1 Å². The SMILES string of the molecule is CC(N)C1(c2c(F)cccc2N(C)C)CC1. The van der Waals surface area contributed by atoms with E-state index in [-0.39, 0.29) is 17.3 Å². The van der Waals surface area contributed by atoms with E-state index in [1.807, 2.05) is 32.0 Å². The van der Waals surface area contributed by atoms with Gasteiger partial charge in [0.15, 0.2) is 0 Å². The van der Waals surface area contributed by atoms with Crippen molar-refractivity contribution in [2.75, 3.05) is 19.0 Å². The minimum Gasteiger partial charge on any atom is -0.377 e. The fourth-order valence-corrected chi connectivity index (χ4v) is 2.45. The van der Waals surface area contributed by atoms with Gasteiger partial charge in [0.1, 0.15) is 5.82 Å². The summed E-state index contributed by atoms with van der Waals surface area (Å²) in [6.07, 6.45) is 1.98. The topological polar surface area (TPSA) is 29.3 Å². The summed E-state index contributed by atoms with van der Waals surface area (Å²) in [5.74, 6) is -0.124. The summed E-state index contributed by atoms with van der Waals surface area (Å²) < 4.78 is 14.0. The lowest BCUT2D eigenvalue weighted by atomic mass is 9.87. The Hall–Kier alpha value is -1.09. The molecule has 1 unspecified atom stereocenters. The molecular weight excluding hydrogens is 203 g/mol. The predicted molar refractivity (Wildman–Crippen MR) is 65.3 cm³/mol. The first-order valence-corrected chi connectivity index (χ1v) is 5.71. The molecule has 0 spiro atoms. The molecule has 1 aliphatic rings. The van der Waals surface area contributed by atoms with Crippen LogP contribution >= 0.6 is 0 Å². The molecule has 1 atom stereocenters. The molecule has 16 heavy (non-hydrogen) atoms. The van der Waals surface area contributed by atoms with Gasteiger partial charge in [0.2, 0.25) is 0 Å². The third kappa shape index (κ3) is 1.59. The molecule has 0 bridgehead atoms. The zero-order valence-electron chi connectivity index (χ0n) is 10.1. The molecule has 2 nitrogen and oxygen atoms in total. The highest BCUT2D eigenvalue weighted by atomic mass is 19.1. The van der Waals surface area contributed by atoms with Gasteiger partial charge >= 0.3 is 0 Å². The molecule has 0 aromatic heterocycles. The first-order valence-electron chi connectivity index (χ1n) is 5.71. The second kappa shape index (κ2) is 3.74. The van der Waals surface area contributed by atoms with E-state index >= 15 is 0 Å². The van der Waals surface area contributed by atoms with Gasteiger partial charge < -0.3 is 10.6 Å². The normalized spacial score (nSPS) is 19.3. The zero-order valence-corrected chi connectivity index (χ0v) is 10.1. The number of hydrogen-bond donors (Lipinski definition) is 1.